The highest BCUT2D eigenvalue weighted by Gasteiger charge is 2.64. The Balaban J connectivity index is 0.00000207. The van der Waals surface area contributed by atoms with Crippen molar-refractivity contribution in [2.24, 2.45) is 17.6 Å². The van der Waals surface area contributed by atoms with E-state index in [2.05, 4.69) is 4.98 Å². The van der Waals surface area contributed by atoms with Gasteiger partial charge in [0.2, 0.25) is 5.78 Å². The first-order valence-electron chi connectivity index (χ1n) is 14.4. The zero-order chi connectivity index (χ0) is 32.0. The second-order valence-electron chi connectivity index (χ2n) is 11.4. The van der Waals surface area contributed by atoms with Gasteiger partial charge in [-0.2, -0.15) is 0 Å². The molecule has 1 aromatic heterocycles. The first-order chi connectivity index (χ1) is 20.3. The second-order valence-corrected chi connectivity index (χ2v) is 11.4. The van der Waals surface area contributed by atoms with E-state index in [4.69, 9.17) is 5.73 Å². The van der Waals surface area contributed by atoms with E-state index in [-0.39, 0.29) is 29.7 Å². The molecule has 1 saturated carbocycles. The van der Waals surface area contributed by atoms with E-state index in [1.807, 2.05) is 57.1 Å². The maximum absolute atomic E-state index is 14.1. The molecule has 1 heterocycles. The third-order valence-electron chi connectivity index (χ3n) is 8.63. The molecule has 0 saturated heterocycles. The lowest BCUT2D eigenvalue weighted by Gasteiger charge is -2.50. The minimum atomic E-state index is -2.67. The Labute approximate surface area is 251 Å². The van der Waals surface area contributed by atoms with E-state index in [1.165, 1.54) is 4.90 Å². The number of benzene rings is 1. The van der Waals surface area contributed by atoms with E-state index < -0.39 is 58.0 Å². The molecule has 11 nitrogen and oxygen atoms in total. The fraction of sp³-hybridized carbons (Fsp3) is 0.438. The number of aliphatic hydroxyl groups is 3. The highest BCUT2D eigenvalue weighted by molar-refractivity contribution is 6.24. The van der Waals surface area contributed by atoms with Crippen molar-refractivity contribution in [1.82, 2.24) is 9.88 Å². The number of phenols is 1. The van der Waals surface area contributed by atoms with Crippen LogP contribution >= 0.6 is 0 Å². The molecule has 0 aliphatic heterocycles. The summed E-state index contributed by atoms with van der Waals surface area (Å²) in [6.07, 6.45) is 2.89. The summed E-state index contributed by atoms with van der Waals surface area (Å²) < 4.78 is 0. The number of carbonyl (C=O) groups excluding carboxylic acids is 3. The highest BCUT2D eigenvalue weighted by Crippen LogP contribution is 2.54. The molecule has 0 spiro atoms. The quantitative estimate of drug-likeness (QED) is 0.313. The number of pyridine rings is 1. The van der Waals surface area contributed by atoms with Crippen LogP contribution in [0, 0.1) is 11.8 Å². The molecule has 3 aliphatic rings. The minimum absolute atomic E-state index is 0.0425. The van der Waals surface area contributed by atoms with Crippen LogP contribution in [0.25, 0.3) is 5.76 Å². The first kappa shape index (κ1) is 31.7. The third kappa shape index (κ3) is 4.96. The van der Waals surface area contributed by atoms with Crippen molar-refractivity contribution in [3.63, 3.8) is 0 Å². The lowest BCUT2D eigenvalue weighted by molar-refractivity contribution is -0.153. The van der Waals surface area contributed by atoms with Gasteiger partial charge < -0.3 is 31.1 Å². The fourth-order valence-corrected chi connectivity index (χ4v) is 6.74. The second kappa shape index (κ2) is 11.8. The van der Waals surface area contributed by atoms with Gasteiger partial charge in [-0.05, 0) is 75.0 Å². The molecule has 6 N–H and O–H groups in total. The van der Waals surface area contributed by atoms with Gasteiger partial charge in [-0.1, -0.05) is 19.9 Å². The number of aromatic nitrogens is 1. The number of primary amides is 1. The van der Waals surface area contributed by atoms with E-state index in [0.29, 0.717) is 24.0 Å². The number of nitrogens with zero attached hydrogens (tertiary/aromatic N) is 3. The largest absolute Gasteiger partial charge is 0.508 e. The van der Waals surface area contributed by atoms with Crippen LogP contribution < -0.4 is 10.6 Å². The highest BCUT2D eigenvalue weighted by atomic mass is 16.3. The summed E-state index contributed by atoms with van der Waals surface area (Å²) in [5, 5.41) is 45.8. The Hall–Kier alpha value is -4.22. The maximum Gasteiger partial charge on any atom is 0.255 e. The summed E-state index contributed by atoms with van der Waals surface area (Å²) in [4.78, 5) is 47.2. The standard InChI is InChI=1S/C30H34N4O7.C2H6/c1-33(2)19-13-14(8-9-16-7-5-6-10-32-16)24(35)21-17(19)11-15-12-18-23(34(3)4)26(37)22(29(31)40)28(39)30(18,41)27(38)20(15)25(21)36;1-2/h5-7,10,13,15,18,23,35-36,39,41H,8-9,11-12H2,1-4H3,(H2,31,40);1-2H3/t15-,18-,23-,30-;/m0./s1. The molecule has 3 aliphatic carbocycles. The zero-order valence-corrected chi connectivity index (χ0v) is 25.4. The van der Waals surface area contributed by atoms with Crippen LogP contribution in [0.15, 0.2) is 47.4 Å². The van der Waals surface area contributed by atoms with Crippen molar-refractivity contribution in [2.45, 2.75) is 51.2 Å². The van der Waals surface area contributed by atoms with Gasteiger partial charge in [-0.3, -0.25) is 24.3 Å². The van der Waals surface area contributed by atoms with Crippen LogP contribution in [0.5, 0.6) is 5.75 Å². The van der Waals surface area contributed by atoms with Gasteiger partial charge in [0.15, 0.2) is 11.4 Å². The Morgan fingerprint density at radius 1 is 1.09 bits per heavy atom. The maximum atomic E-state index is 14.1. The molecule has 43 heavy (non-hydrogen) atoms. The van der Waals surface area contributed by atoms with E-state index in [0.717, 1.165) is 11.4 Å². The number of ketones is 2. The average Bonchev–Trinajstić information content (AvgIpc) is 2.95. The summed E-state index contributed by atoms with van der Waals surface area (Å²) in [5.41, 5.74) is 4.54. The topological polar surface area (TPSA) is 178 Å². The molecule has 11 heteroatoms. The number of aromatic hydroxyl groups is 1. The van der Waals surface area contributed by atoms with Crippen molar-refractivity contribution in [1.29, 1.82) is 0 Å². The number of amides is 1. The zero-order valence-electron chi connectivity index (χ0n) is 25.4. The van der Waals surface area contributed by atoms with Gasteiger partial charge in [-0.25, -0.2) is 0 Å². The molecule has 1 aromatic carbocycles. The number of aliphatic hydroxyl groups excluding tert-OH is 2. The normalized spacial score (nSPS) is 24.6. The number of rotatable bonds is 6. The summed E-state index contributed by atoms with van der Waals surface area (Å²) in [5.74, 6) is -6.60. The SMILES string of the molecule is CC.CN(C)c1cc(CCc2ccccn2)c(O)c2c1C[C@H]1C[C@H]3[C@H](N(C)C)C(=O)C(C(N)=O)=C(O)[C@@]3(O)C(=O)C1=C2O. The Morgan fingerprint density at radius 2 is 1.77 bits per heavy atom. The van der Waals surface area contributed by atoms with Crippen LogP contribution in [0.4, 0.5) is 5.69 Å². The molecule has 5 rings (SSSR count). The predicted octanol–water partition coefficient (Wildman–Crippen LogP) is 2.24. The number of anilines is 1. The predicted molar refractivity (Wildman–Crippen MR) is 162 cm³/mol. The van der Waals surface area contributed by atoms with Gasteiger partial charge >= 0.3 is 0 Å². The van der Waals surface area contributed by atoms with Crippen LogP contribution in [0.2, 0.25) is 0 Å². The molecule has 230 valence electrons. The number of carbonyl (C=O) groups is 3. The smallest absolute Gasteiger partial charge is 0.255 e. The van der Waals surface area contributed by atoms with Crippen molar-refractivity contribution >= 4 is 28.9 Å². The van der Waals surface area contributed by atoms with E-state index in [1.54, 1.807) is 20.3 Å². The van der Waals surface area contributed by atoms with Crippen LogP contribution in [0.1, 0.15) is 42.7 Å². The summed E-state index contributed by atoms with van der Waals surface area (Å²) >= 11 is 0. The number of aryl methyl sites for hydroxylation is 2. The van der Waals surface area contributed by atoms with Crippen molar-refractivity contribution < 1.29 is 34.8 Å². The third-order valence-corrected chi connectivity index (χ3v) is 8.63. The van der Waals surface area contributed by atoms with Crippen LogP contribution in [0.3, 0.4) is 0 Å². The summed E-state index contributed by atoms with van der Waals surface area (Å²) in [6, 6.07) is 6.30. The summed E-state index contributed by atoms with van der Waals surface area (Å²) in [7, 11) is 6.82. The van der Waals surface area contributed by atoms with Gasteiger partial charge in [0.25, 0.3) is 5.91 Å². The number of hydrogen-bond acceptors (Lipinski definition) is 10. The fourth-order valence-electron chi connectivity index (χ4n) is 6.74. The van der Waals surface area contributed by atoms with Crippen molar-refractivity contribution in [2.75, 3.05) is 33.1 Å². The first-order valence-corrected chi connectivity index (χ1v) is 14.4. The molecule has 0 unspecified atom stereocenters. The Morgan fingerprint density at radius 3 is 2.33 bits per heavy atom. The molecule has 0 radical (unpaired) electrons. The number of phenolic OH excluding ortho intramolecular Hbond substituents is 1. The molecule has 4 atom stereocenters. The molecular formula is C32H40N4O7. The Kier molecular flexibility index (Phi) is 8.71. The number of nitrogens with two attached hydrogens (primary N) is 1. The number of hydrogen-bond donors (Lipinski definition) is 5. The molecule has 1 fully saturated rings. The molecule has 0 bridgehead atoms. The molecular weight excluding hydrogens is 552 g/mol. The van der Waals surface area contributed by atoms with Gasteiger partial charge in [0, 0.05) is 43.2 Å². The van der Waals surface area contributed by atoms with Gasteiger partial charge in [-0.15, -0.1) is 0 Å². The minimum Gasteiger partial charge on any atom is -0.508 e. The lowest BCUT2D eigenvalue weighted by atomic mass is 9.57. The molecule has 2 aromatic rings. The summed E-state index contributed by atoms with van der Waals surface area (Å²) in [6.45, 7) is 4.00. The van der Waals surface area contributed by atoms with Crippen molar-refractivity contribution in [3.8, 4) is 5.75 Å². The number of likely N-dealkylation sites (N-methyl/N-ethyl adjacent to an activating group) is 1. The van der Waals surface area contributed by atoms with Gasteiger partial charge in [0.1, 0.15) is 22.8 Å². The van der Waals surface area contributed by atoms with E-state index >= 15 is 0 Å². The number of fused-ring (bicyclic) bond motifs is 3. The van der Waals surface area contributed by atoms with Gasteiger partial charge in [0.05, 0.1) is 11.6 Å². The monoisotopic (exact) mass is 592 g/mol. The number of Topliss-reactive ketones (excluding diaryl/α,β-unsaturated/α-hetero) is 2. The van der Waals surface area contributed by atoms with Crippen LogP contribution in [-0.2, 0) is 33.6 Å². The van der Waals surface area contributed by atoms with E-state index in [9.17, 15) is 34.8 Å². The molecule has 1 amide bonds. The van der Waals surface area contributed by atoms with Crippen LogP contribution in [-0.4, -0.2) is 87.6 Å². The average molecular weight is 593 g/mol. The Bertz CT molecular complexity index is 1530. The lowest BCUT2D eigenvalue weighted by Crippen LogP contribution is -2.65. The van der Waals surface area contributed by atoms with Crippen molar-refractivity contribution in [3.05, 3.63) is 69.8 Å².